The van der Waals surface area contributed by atoms with E-state index in [2.05, 4.69) is 21.8 Å². The summed E-state index contributed by atoms with van der Waals surface area (Å²) in [5.74, 6) is 0.809. The predicted molar refractivity (Wildman–Crippen MR) is 82.9 cm³/mol. The summed E-state index contributed by atoms with van der Waals surface area (Å²) in [4.78, 5) is 23.1. The third-order valence-corrected chi connectivity index (χ3v) is 4.52. The summed E-state index contributed by atoms with van der Waals surface area (Å²) in [5, 5.41) is 11.2. The summed E-state index contributed by atoms with van der Waals surface area (Å²) in [7, 11) is 0. The Morgan fingerprint density at radius 1 is 1.48 bits per heavy atom. The Morgan fingerprint density at radius 2 is 2.33 bits per heavy atom. The Morgan fingerprint density at radius 3 is 3.00 bits per heavy atom. The van der Waals surface area contributed by atoms with Gasteiger partial charge in [0.05, 0.1) is 4.88 Å². The lowest BCUT2D eigenvalue weighted by Gasteiger charge is -2.32. The second kappa shape index (κ2) is 5.81. The molecule has 1 atom stereocenters. The van der Waals surface area contributed by atoms with E-state index in [4.69, 9.17) is 0 Å². The molecule has 0 radical (unpaired) electrons. The number of rotatable bonds is 3. The molecule has 0 aliphatic carbocycles. The van der Waals surface area contributed by atoms with E-state index in [9.17, 15) is 9.90 Å². The van der Waals surface area contributed by atoms with Gasteiger partial charge in [-0.15, -0.1) is 11.3 Å². The van der Waals surface area contributed by atoms with Crippen LogP contribution in [0.15, 0.2) is 23.6 Å². The first-order chi connectivity index (χ1) is 10.1. The van der Waals surface area contributed by atoms with Crippen LogP contribution in [0, 0.1) is 5.92 Å². The number of piperidine rings is 1. The maximum absolute atomic E-state index is 11.3. The van der Waals surface area contributed by atoms with Crippen LogP contribution in [0.25, 0.3) is 10.7 Å². The Bertz CT molecular complexity index is 642. The highest BCUT2D eigenvalue weighted by atomic mass is 32.1. The SMILES string of the molecule is CC1CCCN(c2cc(C(=O)O)nc(-c3cccs3)n2)C1. The summed E-state index contributed by atoms with van der Waals surface area (Å²) in [5.41, 5.74) is 0.0571. The van der Waals surface area contributed by atoms with Gasteiger partial charge in [-0.3, -0.25) is 0 Å². The zero-order valence-electron chi connectivity index (χ0n) is 11.8. The van der Waals surface area contributed by atoms with Gasteiger partial charge in [-0.25, -0.2) is 14.8 Å². The van der Waals surface area contributed by atoms with Crippen LogP contribution in [0.1, 0.15) is 30.3 Å². The maximum atomic E-state index is 11.3. The van der Waals surface area contributed by atoms with Gasteiger partial charge in [-0.2, -0.15) is 0 Å². The number of carboxylic acids is 1. The molecule has 0 bridgehead atoms. The number of aromatic carboxylic acids is 1. The smallest absolute Gasteiger partial charge is 0.354 e. The molecule has 1 aliphatic heterocycles. The first-order valence-electron chi connectivity index (χ1n) is 7.04. The highest BCUT2D eigenvalue weighted by Crippen LogP contribution is 2.26. The van der Waals surface area contributed by atoms with Crippen LogP contribution in [0.4, 0.5) is 5.82 Å². The molecule has 110 valence electrons. The first kappa shape index (κ1) is 14.0. The van der Waals surface area contributed by atoms with E-state index in [0.29, 0.717) is 11.7 Å². The Labute approximate surface area is 127 Å². The van der Waals surface area contributed by atoms with Gasteiger partial charge in [0.25, 0.3) is 0 Å². The summed E-state index contributed by atoms with van der Waals surface area (Å²) in [6.45, 7) is 4.05. The average Bonchev–Trinajstić information content (AvgIpc) is 3.01. The van der Waals surface area contributed by atoms with Crippen molar-refractivity contribution in [2.75, 3.05) is 18.0 Å². The average molecular weight is 303 g/mol. The van der Waals surface area contributed by atoms with Crippen LogP contribution in [-0.2, 0) is 0 Å². The molecule has 1 aliphatic rings. The third kappa shape index (κ3) is 3.05. The summed E-state index contributed by atoms with van der Waals surface area (Å²) >= 11 is 1.52. The Balaban J connectivity index is 2.01. The lowest BCUT2D eigenvalue weighted by Crippen LogP contribution is -2.35. The van der Waals surface area contributed by atoms with Crippen LogP contribution in [0.3, 0.4) is 0 Å². The van der Waals surface area contributed by atoms with E-state index < -0.39 is 5.97 Å². The minimum atomic E-state index is -1.01. The van der Waals surface area contributed by atoms with Crippen LogP contribution < -0.4 is 4.90 Å². The summed E-state index contributed by atoms with van der Waals surface area (Å²) in [6.07, 6.45) is 2.33. The van der Waals surface area contributed by atoms with Crippen molar-refractivity contribution >= 4 is 23.1 Å². The van der Waals surface area contributed by atoms with Gasteiger partial charge in [0, 0.05) is 19.2 Å². The van der Waals surface area contributed by atoms with Crippen molar-refractivity contribution in [1.29, 1.82) is 0 Å². The molecular formula is C15H17N3O2S. The highest BCUT2D eigenvalue weighted by Gasteiger charge is 2.20. The van der Waals surface area contributed by atoms with Gasteiger partial charge < -0.3 is 10.0 Å². The Hall–Kier alpha value is -1.95. The van der Waals surface area contributed by atoms with Crippen molar-refractivity contribution in [3.8, 4) is 10.7 Å². The number of carbonyl (C=O) groups is 1. The lowest BCUT2D eigenvalue weighted by atomic mass is 10.0. The molecule has 2 aromatic rings. The zero-order chi connectivity index (χ0) is 14.8. The molecule has 0 saturated carbocycles. The standard InChI is InChI=1S/C15H17N3O2S/c1-10-4-2-6-18(9-10)13-8-11(15(19)20)16-14(17-13)12-5-3-7-21-12/h3,5,7-8,10H,2,4,6,9H2,1H3,(H,19,20). The molecule has 0 spiro atoms. The molecule has 6 heteroatoms. The number of hydrogen-bond donors (Lipinski definition) is 1. The van der Waals surface area contributed by atoms with Crippen molar-refractivity contribution in [1.82, 2.24) is 9.97 Å². The molecule has 1 saturated heterocycles. The quantitative estimate of drug-likeness (QED) is 0.943. The molecule has 21 heavy (non-hydrogen) atoms. The molecule has 0 aromatic carbocycles. The van der Waals surface area contributed by atoms with Gasteiger partial charge in [0.2, 0.25) is 0 Å². The fourth-order valence-electron chi connectivity index (χ4n) is 2.62. The largest absolute Gasteiger partial charge is 0.477 e. The van der Waals surface area contributed by atoms with Crippen molar-refractivity contribution in [3.63, 3.8) is 0 Å². The number of hydrogen-bond acceptors (Lipinski definition) is 5. The summed E-state index contributed by atoms with van der Waals surface area (Å²) < 4.78 is 0. The van der Waals surface area contributed by atoms with Crippen LogP contribution in [0.2, 0.25) is 0 Å². The van der Waals surface area contributed by atoms with Crippen molar-refractivity contribution in [3.05, 3.63) is 29.3 Å². The van der Waals surface area contributed by atoms with Crippen molar-refractivity contribution in [2.45, 2.75) is 19.8 Å². The molecule has 1 unspecified atom stereocenters. The monoisotopic (exact) mass is 303 g/mol. The minimum Gasteiger partial charge on any atom is -0.477 e. The molecule has 1 fully saturated rings. The fraction of sp³-hybridized carbons (Fsp3) is 0.400. The topological polar surface area (TPSA) is 66.3 Å². The zero-order valence-corrected chi connectivity index (χ0v) is 12.6. The number of anilines is 1. The van der Waals surface area contributed by atoms with Gasteiger partial charge in [-0.1, -0.05) is 13.0 Å². The van der Waals surface area contributed by atoms with Crippen LogP contribution >= 0.6 is 11.3 Å². The van der Waals surface area contributed by atoms with Gasteiger partial charge in [-0.05, 0) is 30.2 Å². The third-order valence-electron chi connectivity index (χ3n) is 3.65. The van der Waals surface area contributed by atoms with Gasteiger partial charge in [0.15, 0.2) is 11.5 Å². The Kier molecular flexibility index (Phi) is 3.88. The number of aromatic nitrogens is 2. The molecule has 0 amide bonds. The van der Waals surface area contributed by atoms with E-state index in [1.165, 1.54) is 17.8 Å². The first-order valence-corrected chi connectivity index (χ1v) is 7.92. The van der Waals surface area contributed by atoms with E-state index in [-0.39, 0.29) is 5.69 Å². The number of nitrogens with zero attached hydrogens (tertiary/aromatic N) is 3. The van der Waals surface area contributed by atoms with E-state index >= 15 is 0 Å². The van der Waals surface area contributed by atoms with Crippen LogP contribution in [0.5, 0.6) is 0 Å². The maximum Gasteiger partial charge on any atom is 0.354 e. The van der Waals surface area contributed by atoms with E-state index in [0.717, 1.165) is 30.2 Å². The van der Waals surface area contributed by atoms with Crippen molar-refractivity contribution < 1.29 is 9.90 Å². The van der Waals surface area contributed by atoms with Gasteiger partial charge >= 0.3 is 5.97 Å². The lowest BCUT2D eigenvalue weighted by molar-refractivity contribution is 0.0690. The number of carboxylic acid groups (broad SMARTS) is 1. The molecule has 3 heterocycles. The molecule has 5 nitrogen and oxygen atoms in total. The molecule has 3 rings (SSSR count). The second-order valence-corrected chi connectivity index (χ2v) is 6.36. The molecular weight excluding hydrogens is 286 g/mol. The highest BCUT2D eigenvalue weighted by molar-refractivity contribution is 7.13. The fourth-order valence-corrected chi connectivity index (χ4v) is 3.28. The molecule has 1 N–H and O–H groups in total. The predicted octanol–water partition coefficient (Wildman–Crippen LogP) is 3.14. The molecule has 2 aromatic heterocycles. The second-order valence-electron chi connectivity index (χ2n) is 5.41. The van der Waals surface area contributed by atoms with E-state index in [1.807, 2.05) is 17.5 Å². The van der Waals surface area contributed by atoms with Crippen LogP contribution in [-0.4, -0.2) is 34.1 Å². The normalized spacial score (nSPS) is 18.7. The van der Waals surface area contributed by atoms with E-state index in [1.54, 1.807) is 6.07 Å². The van der Waals surface area contributed by atoms with Crippen molar-refractivity contribution in [2.24, 2.45) is 5.92 Å². The summed E-state index contributed by atoms with van der Waals surface area (Å²) in [6, 6.07) is 5.41. The minimum absolute atomic E-state index is 0.0571. The van der Waals surface area contributed by atoms with Gasteiger partial charge in [0.1, 0.15) is 5.82 Å². The number of thiophene rings is 1.